The van der Waals surface area contributed by atoms with E-state index in [1.807, 2.05) is 31.2 Å². The number of benzene rings is 1. The molecule has 2 heterocycles. The van der Waals surface area contributed by atoms with Crippen molar-refractivity contribution in [2.75, 3.05) is 46.4 Å². The van der Waals surface area contributed by atoms with E-state index in [9.17, 15) is 4.79 Å². The van der Waals surface area contributed by atoms with Crippen molar-refractivity contribution in [2.45, 2.75) is 13.0 Å². The quantitative estimate of drug-likeness (QED) is 0.780. The van der Waals surface area contributed by atoms with Gasteiger partial charge in [-0.3, -0.25) is 4.90 Å². The van der Waals surface area contributed by atoms with Crippen molar-refractivity contribution in [3.8, 4) is 17.1 Å². The second-order valence-corrected chi connectivity index (χ2v) is 6.41. The number of hydrogen-bond donors (Lipinski definition) is 2. The van der Waals surface area contributed by atoms with Crippen molar-refractivity contribution in [3.05, 3.63) is 30.2 Å². The highest BCUT2D eigenvalue weighted by atomic mass is 16.5. The number of aliphatic hydroxyl groups excluding tert-OH is 1. The molecule has 0 aliphatic carbocycles. The molecule has 0 unspecified atom stereocenters. The van der Waals surface area contributed by atoms with Crippen LogP contribution in [0.5, 0.6) is 5.75 Å². The first-order valence-corrected chi connectivity index (χ1v) is 8.97. The first kappa shape index (κ1) is 19.1. The Bertz CT molecular complexity index is 740. The molecule has 1 saturated heterocycles. The predicted octanol–water partition coefficient (Wildman–Crippen LogP) is 1.13. The average Bonchev–Trinajstić information content (AvgIpc) is 3.19. The molecule has 1 aromatic heterocycles. The molecule has 0 radical (unpaired) electrons. The number of β-amino-alcohol motifs (C(OH)–C–C–N with tert-alkyl or cyclic N) is 1. The van der Waals surface area contributed by atoms with E-state index in [1.54, 1.807) is 12.0 Å². The maximum Gasteiger partial charge on any atom is 0.318 e. The van der Waals surface area contributed by atoms with Crippen LogP contribution < -0.4 is 10.1 Å². The lowest BCUT2D eigenvalue weighted by Gasteiger charge is -2.34. The Labute approximate surface area is 157 Å². The molecule has 3 rings (SSSR count). The van der Waals surface area contributed by atoms with Crippen LogP contribution in [0, 0.1) is 0 Å². The zero-order valence-corrected chi connectivity index (χ0v) is 15.6. The number of carbonyl (C=O) groups is 1. The number of aliphatic hydroxyl groups is 1. The number of piperazine rings is 1. The minimum absolute atomic E-state index is 0.136. The maximum absolute atomic E-state index is 12.4. The van der Waals surface area contributed by atoms with Gasteiger partial charge in [-0.2, -0.15) is 4.98 Å². The summed E-state index contributed by atoms with van der Waals surface area (Å²) in [4.78, 5) is 20.7. The molecule has 146 valence electrons. The fraction of sp³-hybridized carbons (Fsp3) is 0.500. The van der Waals surface area contributed by atoms with E-state index in [2.05, 4.69) is 20.4 Å². The minimum Gasteiger partial charge on any atom is -0.497 e. The fourth-order valence-corrected chi connectivity index (χ4v) is 2.92. The lowest BCUT2D eigenvalue weighted by Crippen LogP contribution is -2.52. The van der Waals surface area contributed by atoms with E-state index in [0.717, 1.165) is 24.4 Å². The zero-order valence-electron chi connectivity index (χ0n) is 15.6. The minimum atomic E-state index is -0.396. The van der Waals surface area contributed by atoms with Crippen molar-refractivity contribution in [3.63, 3.8) is 0 Å². The Morgan fingerprint density at radius 3 is 2.63 bits per heavy atom. The van der Waals surface area contributed by atoms with Gasteiger partial charge in [0.1, 0.15) is 11.8 Å². The number of aromatic nitrogens is 2. The molecule has 1 aromatic carbocycles. The maximum atomic E-state index is 12.4. The van der Waals surface area contributed by atoms with Gasteiger partial charge in [-0.15, -0.1) is 0 Å². The van der Waals surface area contributed by atoms with Gasteiger partial charge in [-0.25, -0.2) is 4.79 Å². The molecule has 2 N–H and O–H groups in total. The van der Waals surface area contributed by atoms with Gasteiger partial charge in [0, 0.05) is 38.3 Å². The zero-order chi connectivity index (χ0) is 19.2. The van der Waals surface area contributed by atoms with Crippen LogP contribution in [0.3, 0.4) is 0 Å². The third-order valence-corrected chi connectivity index (χ3v) is 4.58. The second-order valence-electron chi connectivity index (χ2n) is 6.41. The molecule has 9 nitrogen and oxygen atoms in total. The van der Waals surface area contributed by atoms with E-state index >= 15 is 0 Å². The van der Waals surface area contributed by atoms with Crippen LogP contribution in [0.1, 0.15) is 18.9 Å². The van der Waals surface area contributed by atoms with Crippen LogP contribution in [0.25, 0.3) is 11.4 Å². The van der Waals surface area contributed by atoms with Gasteiger partial charge < -0.3 is 24.6 Å². The summed E-state index contributed by atoms with van der Waals surface area (Å²) in [5.74, 6) is 1.57. The topological polar surface area (TPSA) is 104 Å². The van der Waals surface area contributed by atoms with E-state index in [4.69, 9.17) is 14.4 Å². The summed E-state index contributed by atoms with van der Waals surface area (Å²) in [6.45, 7) is 5.35. The molecular weight excluding hydrogens is 350 g/mol. The summed E-state index contributed by atoms with van der Waals surface area (Å²) in [5.41, 5.74) is 0.810. The summed E-state index contributed by atoms with van der Waals surface area (Å²) >= 11 is 0. The number of nitrogens with zero attached hydrogens (tertiary/aromatic N) is 4. The third kappa shape index (κ3) is 4.75. The largest absolute Gasteiger partial charge is 0.497 e. The molecule has 0 bridgehead atoms. The van der Waals surface area contributed by atoms with Crippen molar-refractivity contribution in [1.82, 2.24) is 25.3 Å². The monoisotopic (exact) mass is 375 g/mol. The predicted molar refractivity (Wildman–Crippen MR) is 98.3 cm³/mol. The number of nitrogens with one attached hydrogen (secondary N) is 1. The smallest absolute Gasteiger partial charge is 0.318 e. The van der Waals surface area contributed by atoms with Gasteiger partial charge in [0.2, 0.25) is 11.7 Å². The molecule has 1 aliphatic rings. The normalized spacial score (nSPS) is 16.2. The van der Waals surface area contributed by atoms with Gasteiger partial charge in [0.25, 0.3) is 0 Å². The first-order valence-electron chi connectivity index (χ1n) is 8.97. The molecule has 0 saturated carbocycles. The van der Waals surface area contributed by atoms with Gasteiger partial charge in [0.05, 0.1) is 13.7 Å². The molecule has 1 fully saturated rings. The molecule has 1 atom stereocenters. The molecule has 9 heteroatoms. The molecule has 27 heavy (non-hydrogen) atoms. The highest BCUT2D eigenvalue weighted by molar-refractivity contribution is 5.74. The van der Waals surface area contributed by atoms with Crippen LogP contribution in [0.15, 0.2) is 28.8 Å². The second kappa shape index (κ2) is 8.83. The van der Waals surface area contributed by atoms with Crippen LogP contribution in [0.2, 0.25) is 0 Å². The van der Waals surface area contributed by atoms with Crippen LogP contribution in [-0.2, 0) is 0 Å². The number of urea groups is 1. The SMILES string of the molecule is COc1ccc(-c2noc([C@H](C)NC(=O)N3CCN(CCO)CC3)n2)cc1. The Kier molecular flexibility index (Phi) is 6.25. The Morgan fingerprint density at radius 2 is 2.00 bits per heavy atom. The Morgan fingerprint density at radius 1 is 1.30 bits per heavy atom. The average molecular weight is 375 g/mol. The first-order chi connectivity index (χ1) is 13.1. The summed E-state index contributed by atoms with van der Waals surface area (Å²) < 4.78 is 10.5. The van der Waals surface area contributed by atoms with Gasteiger partial charge in [0.15, 0.2) is 0 Å². The Hall–Kier alpha value is -2.65. The molecule has 2 amide bonds. The van der Waals surface area contributed by atoms with Crippen LogP contribution >= 0.6 is 0 Å². The fourth-order valence-electron chi connectivity index (χ4n) is 2.92. The molecule has 1 aliphatic heterocycles. The van der Waals surface area contributed by atoms with E-state index in [-0.39, 0.29) is 12.6 Å². The van der Waals surface area contributed by atoms with Gasteiger partial charge >= 0.3 is 6.03 Å². The lowest BCUT2D eigenvalue weighted by molar-refractivity contribution is 0.120. The highest BCUT2D eigenvalue weighted by Crippen LogP contribution is 2.21. The van der Waals surface area contributed by atoms with Crippen LogP contribution in [0.4, 0.5) is 4.79 Å². The third-order valence-electron chi connectivity index (χ3n) is 4.58. The summed E-state index contributed by atoms with van der Waals surface area (Å²) in [7, 11) is 1.61. The van der Waals surface area contributed by atoms with E-state index in [1.165, 1.54) is 0 Å². The standard InChI is InChI=1S/C18H25N5O4/c1-13(19-18(25)23-9-7-22(8-10-23)11-12-24)17-20-16(21-27-17)14-3-5-15(26-2)6-4-14/h3-6,13,24H,7-12H2,1-2H3,(H,19,25)/t13-/m0/s1. The number of amides is 2. The molecular formula is C18H25N5O4. The van der Waals surface area contributed by atoms with Crippen molar-refractivity contribution >= 4 is 6.03 Å². The van der Waals surface area contributed by atoms with E-state index in [0.29, 0.717) is 31.3 Å². The number of methoxy groups -OCH3 is 1. The van der Waals surface area contributed by atoms with Gasteiger partial charge in [-0.1, -0.05) is 5.16 Å². The number of rotatable bonds is 6. The van der Waals surface area contributed by atoms with E-state index < -0.39 is 6.04 Å². The summed E-state index contributed by atoms with van der Waals surface area (Å²) in [5, 5.41) is 15.9. The molecule has 0 spiro atoms. The molecule has 2 aromatic rings. The van der Waals surface area contributed by atoms with Crippen LogP contribution in [-0.4, -0.2) is 77.5 Å². The highest BCUT2D eigenvalue weighted by Gasteiger charge is 2.24. The van der Waals surface area contributed by atoms with Crippen molar-refractivity contribution in [2.24, 2.45) is 0 Å². The Balaban J connectivity index is 1.56. The van der Waals surface area contributed by atoms with Crippen molar-refractivity contribution in [1.29, 1.82) is 0 Å². The lowest BCUT2D eigenvalue weighted by atomic mass is 10.2. The number of carbonyl (C=O) groups excluding carboxylic acids is 1. The van der Waals surface area contributed by atoms with Gasteiger partial charge in [-0.05, 0) is 31.2 Å². The number of ether oxygens (including phenoxy) is 1. The number of hydrogen-bond acceptors (Lipinski definition) is 7. The van der Waals surface area contributed by atoms with Crippen molar-refractivity contribution < 1.29 is 19.2 Å². The summed E-state index contributed by atoms with van der Waals surface area (Å²) in [6.07, 6.45) is 0. The summed E-state index contributed by atoms with van der Waals surface area (Å²) in [6, 6.07) is 6.80.